The molecule has 0 bridgehead atoms. The first-order valence-electron chi connectivity index (χ1n) is 37.5. The molecular weight excluding hydrogens is 1380 g/mol. The highest BCUT2D eigenvalue weighted by Crippen LogP contribution is 2.39. The van der Waals surface area contributed by atoms with Crippen molar-refractivity contribution in [3.8, 4) is 0 Å². The molecule has 3 aliphatic carbocycles. The van der Waals surface area contributed by atoms with Gasteiger partial charge in [-0.05, 0) is 119 Å². The Hall–Kier alpha value is -7.84. The smallest absolute Gasteiger partial charge is 0.347 e. The van der Waals surface area contributed by atoms with Crippen LogP contribution >= 0.6 is 11.6 Å². The first-order valence-corrected chi connectivity index (χ1v) is 37.9. The van der Waals surface area contributed by atoms with Crippen molar-refractivity contribution in [2.75, 3.05) is 76.5 Å². The van der Waals surface area contributed by atoms with Gasteiger partial charge in [0.1, 0.15) is 59.9 Å². The third-order valence-corrected chi connectivity index (χ3v) is 23.3. The van der Waals surface area contributed by atoms with E-state index >= 15 is 24.0 Å². The number of rotatable bonds is 13. The molecule has 2 saturated heterocycles. The summed E-state index contributed by atoms with van der Waals surface area (Å²) >= 11 is 6.21. The molecule has 1 unspecified atom stereocenters. The van der Waals surface area contributed by atoms with Gasteiger partial charge in [-0.2, -0.15) is 13.2 Å². The maximum Gasteiger partial charge on any atom is 0.417 e. The molecule has 28 heteroatoms. The van der Waals surface area contributed by atoms with E-state index < -0.39 is 172 Å². The molecule has 5 aliphatic rings. The van der Waals surface area contributed by atoms with Gasteiger partial charge in [0.2, 0.25) is 70.9 Å². The van der Waals surface area contributed by atoms with Crippen LogP contribution in [-0.4, -0.2) is 251 Å². The molecule has 3 saturated carbocycles. The van der Waals surface area contributed by atoms with E-state index in [0.717, 1.165) is 72.4 Å². The molecule has 2 heterocycles. The number of carbonyl (C=O) groups is 12. The molecule has 0 radical (unpaired) electrons. The average molecular weight is 1490 g/mol. The predicted molar refractivity (Wildman–Crippen MR) is 391 cm³/mol. The number of fused-ring (bicyclic) bond motifs is 1. The summed E-state index contributed by atoms with van der Waals surface area (Å²) in [6, 6.07) is -1.04. The number of halogens is 4. The average Bonchev–Trinajstić information content (AvgIpc) is 1.59. The van der Waals surface area contributed by atoms with Crippen molar-refractivity contribution in [1.29, 1.82) is 0 Å². The molecule has 582 valence electrons. The van der Waals surface area contributed by atoms with Crippen LogP contribution in [0.4, 0.5) is 13.2 Å². The standard InChI is InChI=1S/C77H114ClF3N12O12/c1-16-48(5)64-73(103)87(10)49(6)68(98)93-39-36-57(93)72(102)90(13)60(43-50-24-18-17-19-25-50)71(101)86(9)45-62(94)82-56(35-33-51-32-34-54(55(78)41-51)77(79,80)81)69(99)89(12)59(42-52-30-28-47(4)29-31-52)67(97)84-76(37-22-23-38-76)75(105)92(15)65(53-26-20-21-27-53)74(104)91(14)61(70(100)85(7)8)44-63(95)88(11)58(40-46(2)3)66(96)83-64/h28-32,34,41,46,48-50,53,56-61,64-65H,16-27,33,35-40,42-45H2,1-15H3,(H,82,94)(H,83,96)(H,84,97)/t48-,49-,56-,57?,58-,59-,60-,61-,64-,65-/m0/s1. The van der Waals surface area contributed by atoms with Crippen LogP contribution in [0.1, 0.15) is 179 Å². The van der Waals surface area contributed by atoms with Crippen molar-refractivity contribution in [3.05, 3.63) is 69.7 Å². The molecule has 24 nitrogen and oxygen atoms in total. The number of hydrogen-bond donors (Lipinski definition) is 3. The topological polar surface area (TPSA) is 270 Å². The third kappa shape index (κ3) is 20.5. The lowest BCUT2D eigenvalue weighted by Gasteiger charge is -2.45. The lowest BCUT2D eigenvalue weighted by atomic mass is 9.84. The summed E-state index contributed by atoms with van der Waals surface area (Å²) in [5, 5.41) is 8.21. The van der Waals surface area contributed by atoms with E-state index in [2.05, 4.69) is 16.0 Å². The van der Waals surface area contributed by atoms with Crippen LogP contribution in [0.15, 0.2) is 42.5 Å². The van der Waals surface area contributed by atoms with Crippen molar-refractivity contribution >= 4 is 82.5 Å². The summed E-state index contributed by atoms with van der Waals surface area (Å²) in [4.78, 5) is 193. The Morgan fingerprint density at radius 3 is 1.82 bits per heavy atom. The molecule has 2 aromatic rings. The normalized spacial score (nSPS) is 26.5. The van der Waals surface area contributed by atoms with Crippen molar-refractivity contribution in [2.45, 2.75) is 242 Å². The Bertz CT molecular complexity index is 3470. The largest absolute Gasteiger partial charge is 0.417 e. The van der Waals surface area contributed by atoms with Gasteiger partial charge in [-0.25, -0.2) is 0 Å². The molecule has 3 N–H and O–H groups in total. The van der Waals surface area contributed by atoms with Crippen molar-refractivity contribution in [3.63, 3.8) is 0 Å². The monoisotopic (exact) mass is 1490 g/mol. The SMILES string of the molecule is CC[C@H](C)[C@@H]1NC(=O)[C@H](CC(C)C)N(C)C(=O)C[C@@H](C(=O)N(C)C)N(C)C(=O)[C@H](C2CCCC2)N(C)C(=O)C2(CCCC2)NC(=O)[C@H](Cc2ccc(C)cc2)N(C)C(=O)[C@H](CCc2ccc(C(F)(F)F)c(Cl)c2)NC(=O)CN(C)C(=O)[C@H](CC2CCCCC2)N(C)C(=O)C2CCN2C(=O)[C@H](C)N(C)C1=O. The Morgan fingerprint density at radius 1 is 0.657 bits per heavy atom. The fourth-order valence-electron chi connectivity index (χ4n) is 15.8. The minimum absolute atomic E-state index is 0.00495. The number of amides is 12. The highest BCUT2D eigenvalue weighted by molar-refractivity contribution is 6.31. The molecule has 0 aromatic heterocycles. The summed E-state index contributed by atoms with van der Waals surface area (Å²) in [5.74, 6) is -9.16. The van der Waals surface area contributed by atoms with Gasteiger partial charge in [-0.1, -0.05) is 139 Å². The molecule has 10 atom stereocenters. The van der Waals surface area contributed by atoms with Gasteiger partial charge in [0.05, 0.1) is 23.6 Å². The molecule has 5 fully saturated rings. The van der Waals surface area contributed by atoms with E-state index in [-0.39, 0.29) is 75.3 Å². The Morgan fingerprint density at radius 2 is 1.26 bits per heavy atom. The van der Waals surface area contributed by atoms with Crippen LogP contribution in [0.25, 0.3) is 0 Å². The van der Waals surface area contributed by atoms with Crippen LogP contribution in [0.2, 0.25) is 5.02 Å². The second-order valence-corrected chi connectivity index (χ2v) is 31.5. The lowest BCUT2D eigenvalue weighted by molar-refractivity contribution is -0.160. The zero-order chi connectivity index (χ0) is 77.9. The van der Waals surface area contributed by atoms with Crippen molar-refractivity contribution in [2.24, 2.45) is 23.7 Å². The zero-order valence-corrected chi connectivity index (χ0v) is 65.0. The van der Waals surface area contributed by atoms with Gasteiger partial charge in [0.25, 0.3) is 0 Å². The predicted octanol–water partition coefficient (Wildman–Crippen LogP) is 7.03. The number of hydrogen-bond acceptors (Lipinski definition) is 12. The summed E-state index contributed by atoms with van der Waals surface area (Å²) in [5.41, 5.74) is -0.964. The van der Waals surface area contributed by atoms with E-state index in [1.165, 1.54) is 111 Å². The number of likely N-dealkylation sites (N-methyl/N-ethyl adjacent to an activating group) is 8. The first kappa shape index (κ1) is 84.4. The highest BCUT2D eigenvalue weighted by atomic mass is 35.5. The number of alkyl halides is 3. The number of nitrogens with one attached hydrogen (secondary N) is 3. The maximum absolute atomic E-state index is 15.8. The van der Waals surface area contributed by atoms with E-state index in [9.17, 15) is 46.7 Å². The lowest BCUT2D eigenvalue weighted by Crippen LogP contribution is -2.65. The molecule has 1 spiro atoms. The number of aryl methyl sites for hydroxylation is 2. The van der Waals surface area contributed by atoms with Gasteiger partial charge in [0.15, 0.2) is 0 Å². The summed E-state index contributed by atoms with van der Waals surface area (Å²) < 4.78 is 42.0. The van der Waals surface area contributed by atoms with Crippen molar-refractivity contribution < 1.29 is 70.7 Å². The summed E-state index contributed by atoms with van der Waals surface area (Å²) in [6.07, 6.45) is 3.04. The van der Waals surface area contributed by atoms with Crippen LogP contribution < -0.4 is 16.0 Å². The first-order chi connectivity index (χ1) is 49.3. The van der Waals surface area contributed by atoms with E-state index in [4.69, 9.17) is 11.6 Å². The second kappa shape index (κ2) is 36.6. The van der Waals surface area contributed by atoms with Gasteiger partial charge in [-0.3, -0.25) is 57.5 Å². The van der Waals surface area contributed by atoms with Crippen LogP contribution in [0, 0.1) is 30.6 Å². The molecule has 2 aromatic carbocycles. The van der Waals surface area contributed by atoms with Gasteiger partial charge < -0.3 is 60.0 Å². The van der Waals surface area contributed by atoms with Crippen LogP contribution in [-0.2, 0) is 76.6 Å². The fourth-order valence-corrected chi connectivity index (χ4v) is 16.1. The number of nitrogens with zero attached hydrogens (tertiary/aromatic N) is 9. The molecule has 105 heavy (non-hydrogen) atoms. The van der Waals surface area contributed by atoms with Gasteiger partial charge in [-0.15, -0.1) is 0 Å². The number of benzene rings is 2. The van der Waals surface area contributed by atoms with Gasteiger partial charge in [0, 0.05) is 76.4 Å². The zero-order valence-electron chi connectivity index (χ0n) is 64.2. The van der Waals surface area contributed by atoms with Crippen LogP contribution in [0.5, 0.6) is 0 Å². The van der Waals surface area contributed by atoms with Crippen LogP contribution in [0.3, 0.4) is 0 Å². The fraction of sp³-hybridized carbons (Fsp3) is 0.688. The quantitative estimate of drug-likeness (QED) is 0.183. The molecule has 2 aliphatic heterocycles. The molecule has 7 rings (SSSR count). The summed E-state index contributed by atoms with van der Waals surface area (Å²) in [6.45, 7) is 10.2. The Balaban J connectivity index is 1.34. The van der Waals surface area contributed by atoms with Crippen molar-refractivity contribution in [1.82, 2.24) is 60.0 Å². The minimum atomic E-state index is -4.78. The van der Waals surface area contributed by atoms with E-state index in [1.54, 1.807) is 19.1 Å². The Labute approximate surface area is 622 Å². The minimum Gasteiger partial charge on any atom is -0.347 e. The third-order valence-electron chi connectivity index (χ3n) is 23.0. The second-order valence-electron chi connectivity index (χ2n) is 31.1. The summed E-state index contributed by atoms with van der Waals surface area (Å²) in [7, 11) is 12.9. The molecule has 12 amide bonds. The van der Waals surface area contributed by atoms with E-state index in [1.807, 2.05) is 39.8 Å². The number of carbonyl (C=O) groups excluding carboxylic acids is 12. The van der Waals surface area contributed by atoms with E-state index in [0.29, 0.717) is 37.7 Å². The maximum atomic E-state index is 15.8. The molecular formula is C77H114ClF3N12O12. The Kier molecular flexibility index (Phi) is 29.5. The van der Waals surface area contributed by atoms with Gasteiger partial charge >= 0.3 is 6.18 Å². The highest BCUT2D eigenvalue weighted by Gasteiger charge is 2.52.